The summed E-state index contributed by atoms with van der Waals surface area (Å²) in [5, 5.41) is 12.7. The minimum atomic E-state index is 1.18. The monoisotopic (exact) mass is 690 g/mol. The van der Waals surface area contributed by atoms with Gasteiger partial charge < -0.3 is 9.13 Å². The quantitative estimate of drug-likeness (QED) is 0.175. The van der Waals surface area contributed by atoms with Crippen molar-refractivity contribution < 1.29 is 0 Å². The zero-order valence-corrected chi connectivity index (χ0v) is 29.4. The fourth-order valence-corrected chi connectivity index (χ4v) is 9.88. The first kappa shape index (κ1) is 29.0. The second-order valence-corrected chi connectivity index (χ2v) is 15.3. The molecule has 0 atom stereocenters. The second-order valence-electron chi connectivity index (χ2n) is 14.2. The normalized spacial score (nSPS) is 12.2. The van der Waals surface area contributed by atoms with E-state index in [1.807, 2.05) is 11.3 Å². The SMILES string of the molecule is c1ccc2cc(-n3c4ccccc4c4cc(-c5ccc6c(c5)c5cc7sc8ccccc8c7cc5n6-c5ccc6ccccc6c5)ccc43)ccc2c1. The Morgan fingerprint density at radius 3 is 1.47 bits per heavy atom. The van der Waals surface area contributed by atoms with E-state index in [4.69, 9.17) is 0 Å². The van der Waals surface area contributed by atoms with Gasteiger partial charge in [0.05, 0.1) is 22.1 Å². The number of aromatic nitrogens is 2. The molecule has 0 spiro atoms. The minimum Gasteiger partial charge on any atom is -0.309 e. The summed E-state index contributed by atoms with van der Waals surface area (Å²) >= 11 is 1.88. The van der Waals surface area contributed by atoms with Crippen molar-refractivity contribution in [1.29, 1.82) is 0 Å². The van der Waals surface area contributed by atoms with Crippen LogP contribution in [0.1, 0.15) is 0 Å². The van der Waals surface area contributed by atoms with Crippen LogP contribution in [0.25, 0.3) is 108 Å². The smallest absolute Gasteiger partial charge is 0.0548 e. The number of hydrogen-bond donors (Lipinski definition) is 0. The molecule has 0 aliphatic heterocycles. The highest BCUT2D eigenvalue weighted by Gasteiger charge is 2.18. The van der Waals surface area contributed by atoms with E-state index in [0.29, 0.717) is 0 Å². The van der Waals surface area contributed by atoms with Crippen LogP contribution < -0.4 is 0 Å². The molecule has 0 radical (unpaired) electrons. The van der Waals surface area contributed by atoms with Gasteiger partial charge in [0.25, 0.3) is 0 Å². The molecule has 0 N–H and O–H groups in total. The van der Waals surface area contributed by atoms with Gasteiger partial charge in [0.1, 0.15) is 0 Å². The maximum absolute atomic E-state index is 2.47. The largest absolute Gasteiger partial charge is 0.309 e. The topological polar surface area (TPSA) is 9.86 Å². The first-order valence-electron chi connectivity index (χ1n) is 18.2. The van der Waals surface area contributed by atoms with Crippen molar-refractivity contribution >= 4 is 96.7 Å². The van der Waals surface area contributed by atoms with Gasteiger partial charge in [-0.2, -0.15) is 0 Å². The Kier molecular flexibility index (Phi) is 5.96. The Hall–Kier alpha value is -6.68. The summed E-state index contributed by atoms with van der Waals surface area (Å²) in [5.74, 6) is 0. The lowest BCUT2D eigenvalue weighted by atomic mass is 10.0. The first-order chi connectivity index (χ1) is 26.2. The van der Waals surface area contributed by atoms with E-state index < -0.39 is 0 Å². The lowest BCUT2D eigenvalue weighted by Crippen LogP contribution is -1.94. The Morgan fingerprint density at radius 1 is 0.283 bits per heavy atom. The average molecular weight is 691 g/mol. The second kappa shape index (κ2) is 10.9. The molecule has 0 unspecified atom stereocenters. The van der Waals surface area contributed by atoms with Gasteiger partial charge in [0, 0.05) is 53.1 Å². The summed E-state index contributed by atoms with van der Waals surface area (Å²) < 4.78 is 7.53. The lowest BCUT2D eigenvalue weighted by molar-refractivity contribution is 1.19. The van der Waals surface area contributed by atoms with Gasteiger partial charge in [-0.25, -0.2) is 0 Å². The highest BCUT2D eigenvalue weighted by atomic mass is 32.1. The molecule has 0 aliphatic carbocycles. The van der Waals surface area contributed by atoms with Crippen molar-refractivity contribution in [2.45, 2.75) is 0 Å². The maximum Gasteiger partial charge on any atom is 0.0548 e. The van der Waals surface area contributed by atoms with Crippen molar-refractivity contribution in [3.63, 3.8) is 0 Å². The molecule has 0 fully saturated rings. The molecule has 12 aromatic rings. The standard InChI is InChI=1S/C50H30N2S/c1-3-11-33-25-37(21-17-31(33)9-1)51-45-15-7-5-13-39(45)41-27-35(19-23-46(41)51)36-20-24-47-42(28-36)43-30-50-44(40-14-6-8-16-49(40)53-50)29-48(43)52(47)38-22-18-32-10-2-4-12-34(32)26-38/h1-30H. The number of hydrogen-bond acceptors (Lipinski definition) is 1. The third kappa shape index (κ3) is 4.26. The number of benzene rings is 9. The van der Waals surface area contributed by atoms with Crippen LogP contribution in [-0.4, -0.2) is 9.13 Å². The van der Waals surface area contributed by atoms with Crippen molar-refractivity contribution in [1.82, 2.24) is 9.13 Å². The maximum atomic E-state index is 2.47. The average Bonchev–Trinajstić information content (AvgIpc) is 3.86. The van der Waals surface area contributed by atoms with Gasteiger partial charge >= 0.3 is 0 Å². The minimum absolute atomic E-state index is 1.18. The molecule has 246 valence electrons. The summed E-state index contributed by atoms with van der Waals surface area (Å²) in [5.41, 5.74) is 9.68. The van der Waals surface area contributed by atoms with Crippen LogP contribution in [-0.2, 0) is 0 Å². The Morgan fingerprint density at radius 2 is 0.792 bits per heavy atom. The molecule has 3 heterocycles. The number of rotatable bonds is 3. The molecule has 0 aliphatic rings. The fraction of sp³-hybridized carbons (Fsp3) is 0. The van der Waals surface area contributed by atoms with E-state index in [1.54, 1.807) is 0 Å². The lowest BCUT2D eigenvalue weighted by Gasteiger charge is -2.11. The third-order valence-corrected chi connectivity index (χ3v) is 12.4. The number of para-hydroxylation sites is 1. The van der Waals surface area contributed by atoms with Gasteiger partial charge in [-0.15, -0.1) is 11.3 Å². The zero-order chi connectivity index (χ0) is 34.6. The molecule has 0 bridgehead atoms. The van der Waals surface area contributed by atoms with Gasteiger partial charge in [-0.3, -0.25) is 0 Å². The van der Waals surface area contributed by atoms with Crippen LogP contribution in [0.3, 0.4) is 0 Å². The molecule has 0 saturated heterocycles. The Bertz CT molecular complexity index is 3470. The molecular formula is C50H30N2S. The highest BCUT2D eigenvalue weighted by Crippen LogP contribution is 2.43. The molecule has 0 saturated carbocycles. The van der Waals surface area contributed by atoms with Crippen LogP contribution in [0.4, 0.5) is 0 Å². The summed E-state index contributed by atoms with van der Waals surface area (Å²) in [6.07, 6.45) is 0. The van der Waals surface area contributed by atoms with Crippen molar-refractivity contribution in [3.05, 3.63) is 182 Å². The van der Waals surface area contributed by atoms with Gasteiger partial charge in [-0.1, -0.05) is 109 Å². The van der Waals surface area contributed by atoms with E-state index in [9.17, 15) is 0 Å². The van der Waals surface area contributed by atoms with Crippen molar-refractivity contribution in [2.24, 2.45) is 0 Å². The van der Waals surface area contributed by atoms with Crippen LogP contribution in [0.15, 0.2) is 182 Å². The summed E-state index contributed by atoms with van der Waals surface area (Å²) in [7, 11) is 0. The van der Waals surface area contributed by atoms with Gasteiger partial charge in [0.2, 0.25) is 0 Å². The van der Waals surface area contributed by atoms with Crippen molar-refractivity contribution in [2.75, 3.05) is 0 Å². The van der Waals surface area contributed by atoms with E-state index in [0.717, 1.165) is 0 Å². The highest BCUT2D eigenvalue weighted by molar-refractivity contribution is 7.25. The molecule has 9 aromatic carbocycles. The molecule has 3 aromatic heterocycles. The third-order valence-electron chi connectivity index (χ3n) is 11.3. The summed E-state index contributed by atoms with van der Waals surface area (Å²) in [4.78, 5) is 0. The molecule has 3 heteroatoms. The van der Waals surface area contributed by atoms with Crippen LogP contribution in [0.5, 0.6) is 0 Å². The van der Waals surface area contributed by atoms with Crippen LogP contribution in [0.2, 0.25) is 0 Å². The predicted molar refractivity (Wildman–Crippen MR) is 228 cm³/mol. The van der Waals surface area contributed by atoms with Crippen LogP contribution in [0, 0.1) is 0 Å². The van der Waals surface area contributed by atoms with Gasteiger partial charge in [-0.05, 0) is 105 Å². The fourth-order valence-electron chi connectivity index (χ4n) is 8.76. The van der Waals surface area contributed by atoms with Crippen molar-refractivity contribution in [3.8, 4) is 22.5 Å². The zero-order valence-electron chi connectivity index (χ0n) is 28.6. The number of nitrogens with zero attached hydrogens (tertiary/aromatic N) is 2. The Labute approximate surface area is 309 Å². The van der Waals surface area contributed by atoms with Gasteiger partial charge in [0.15, 0.2) is 0 Å². The summed E-state index contributed by atoms with van der Waals surface area (Å²) in [6.45, 7) is 0. The van der Waals surface area contributed by atoms with E-state index in [1.165, 1.54) is 108 Å². The van der Waals surface area contributed by atoms with E-state index in [-0.39, 0.29) is 0 Å². The van der Waals surface area contributed by atoms with Crippen LogP contribution >= 0.6 is 11.3 Å². The predicted octanol–water partition coefficient (Wildman–Crippen LogP) is 14.2. The molecule has 0 amide bonds. The summed E-state index contributed by atoms with van der Waals surface area (Å²) in [6, 6.07) is 67.4. The first-order valence-corrected chi connectivity index (χ1v) is 19.0. The van der Waals surface area contributed by atoms with E-state index >= 15 is 0 Å². The molecular weight excluding hydrogens is 661 g/mol. The molecule has 53 heavy (non-hydrogen) atoms. The Balaban J connectivity index is 1.09. The number of fused-ring (bicyclic) bond motifs is 11. The molecule has 12 rings (SSSR count). The number of thiophene rings is 1. The molecule has 2 nitrogen and oxygen atoms in total. The van der Waals surface area contributed by atoms with E-state index in [2.05, 4.69) is 191 Å².